The first-order valence-electron chi connectivity index (χ1n) is 5.14. The van der Waals surface area contributed by atoms with E-state index in [1.165, 1.54) is 0 Å². The molecule has 0 bridgehead atoms. The fraction of sp³-hybridized carbons (Fsp3) is 0.0833. The zero-order chi connectivity index (χ0) is 11.8. The molecule has 0 radical (unpaired) electrons. The van der Waals surface area contributed by atoms with Crippen LogP contribution in [-0.2, 0) is 7.05 Å². The van der Waals surface area contributed by atoms with Gasteiger partial charge in [-0.1, -0.05) is 0 Å². The van der Waals surface area contributed by atoms with Gasteiger partial charge in [0.05, 0.1) is 5.69 Å². The minimum Gasteiger partial charge on any atom is -0.335 e. The van der Waals surface area contributed by atoms with Crippen molar-refractivity contribution in [3.63, 3.8) is 0 Å². The van der Waals surface area contributed by atoms with Gasteiger partial charge < -0.3 is 4.57 Å². The molecule has 0 aliphatic rings. The lowest BCUT2D eigenvalue weighted by atomic mass is 10.1. The Kier molecular flexibility index (Phi) is 2.30. The second-order valence-corrected chi connectivity index (χ2v) is 4.08. The average Bonchev–Trinajstić information content (AvgIpc) is 2.68. The Hall–Kier alpha value is -1.94. The van der Waals surface area contributed by atoms with E-state index in [0.29, 0.717) is 0 Å². The van der Waals surface area contributed by atoms with Gasteiger partial charge in [0, 0.05) is 36.6 Å². The van der Waals surface area contributed by atoms with E-state index < -0.39 is 0 Å². The summed E-state index contributed by atoms with van der Waals surface area (Å²) in [5.74, 6) is 0. The maximum Gasteiger partial charge on any atom is 0.222 e. The third kappa shape index (κ3) is 1.66. The molecule has 0 amide bonds. The highest BCUT2D eigenvalue weighted by molar-refractivity contribution is 6.28. The molecule has 3 aromatic heterocycles. The van der Waals surface area contributed by atoms with Crippen LogP contribution in [0.15, 0.2) is 36.8 Å². The number of halogens is 1. The molecule has 0 aliphatic carbocycles. The second kappa shape index (κ2) is 3.82. The number of fused-ring (bicyclic) bond motifs is 1. The summed E-state index contributed by atoms with van der Waals surface area (Å²) in [4.78, 5) is 12.4. The molecule has 3 aromatic rings. The highest BCUT2D eigenvalue weighted by Crippen LogP contribution is 2.27. The quantitative estimate of drug-likeness (QED) is 0.618. The van der Waals surface area contributed by atoms with Crippen LogP contribution in [0.3, 0.4) is 0 Å². The number of hydrogen-bond donors (Lipinski definition) is 0. The molecule has 17 heavy (non-hydrogen) atoms. The van der Waals surface area contributed by atoms with Crippen molar-refractivity contribution in [3.8, 4) is 11.3 Å². The fourth-order valence-electron chi connectivity index (χ4n) is 1.90. The maximum atomic E-state index is 5.81. The van der Waals surface area contributed by atoms with E-state index in [-0.39, 0.29) is 5.28 Å². The van der Waals surface area contributed by atoms with E-state index in [4.69, 9.17) is 11.6 Å². The second-order valence-electron chi connectivity index (χ2n) is 3.74. The number of aromatic nitrogens is 4. The van der Waals surface area contributed by atoms with E-state index in [1.807, 2.05) is 36.0 Å². The number of hydrogen-bond acceptors (Lipinski definition) is 3. The molecule has 0 spiro atoms. The highest BCUT2D eigenvalue weighted by Gasteiger charge is 2.10. The van der Waals surface area contributed by atoms with Crippen LogP contribution >= 0.6 is 11.6 Å². The van der Waals surface area contributed by atoms with Gasteiger partial charge in [0.25, 0.3) is 0 Å². The van der Waals surface area contributed by atoms with Gasteiger partial charge in [-0.2, -0.15) is 0 Å². The molecule has 3 rings (SSSR count). The number of nitrogens with zero attached hydrogens (tertiary/aromatic N) is 4. The van der Waals surface area contributed by atoms with E-state index in [2.05, 4.69) is 15.0 Å². The first-order valence-corrected chi connectivity index (χ1v) is 5.52. The molecular weight excluding hydrogens is 236 g/mol. The fourth-order valence-corrected chi connectivity index (χ4v) is 2.05. The number of pyridine rings is 1. The third-order valence-corrected chi connectivity index (χ3v) is 2.82. The van der Waals surface area contributed by atoms with Crippen LogP contribution < -0.4 is 0 Å². The molecule has 0 aromatic carbocycles. The van der Waals surface area contributed by atoms with Crippen molar-refractivity contribution in [2.45, 2.75) is 0 Å². The van der Waals surface area contributed by atoms with Gasteiger partial charge >= 0.3 is 0 Å². The predicted octanol–water partition coefficient (Wildman–Crippen LogP) is 2.68. The van der Waals surface area contributed by atoms with Gasteiger partial charge in [-0.15, -0.1) is 0 Å². The average molecular weight is 245 g/mol. The van der Waals surface area contributed by atoms with Crippen molar-refractivity contribution in [2.75, 3.05) is 0 Å². The maximum absolute atomic E-state index is 5.81. The summed E-state index contributed by atoms with van der Waals surface area (Å²) >= 11 is 5.81. The molecule has 0 saturated carbocycles. The molecule has 0 atom stereocenters. The summed E-state index contributed by atoms with van der Waals surface area (Å²) in [6, 6.07) is 5.77. The van der Waals surface area contributed by atoms with Crippen LogP contribution in [-0.4, -0.2) is 19.5 Å². The standard InChI is InChI=1S/C12H9ClN4/c1-17-7-9(8-3-2-5-14-11(8)17)10-4-6-15-12(13)16-10/h2-7H,1H3. The first-order chi connectivity index (χ1) is 8.25. The molecule has 3 heterocycles. The summed E-state index contributed by atoms with van der Waals surface area (Å²) in [6.07, 6.45) is 5.43. The highest BCUT2D eigenvalue weighted by atomic mass is 35.5. The Bertz CT molecular complexity index is 690. The molecule has 0 unspecified atom stereocenters. The first kappa shape index (κ1) is 10.2. The number of rotatable bonds is 1. The molecule has 84 valence electrons. The van der Waals surface area contributed by atoms with E-state index in [9.17, 15) is 0 Å². The van der Waals surface area contributed by atoms with Crippen LogP contribution in [0.1, 0.15) is 0 Å². The van der Waals surface area contributed by atoms with Crippen molar-refractivity contribution >= 4 is 22.6 Å². The summed E-state index contributed by atoms with van der Waals surface area (Å²) in [5, 5.41) is 1.31. The molecule has 4 nitrogen and oxygen atoms in total. The zero-order valence-electron chi connectivity index (χ0n) is 9.13. The van der Waals surface area contributed by atoms with E-state index in [0.717, 1.165) is 22.3 Å². The Balaban J connectivity index is 2.31. The summed E-state index contributed by atoms with van der Waals surface area (Å²) in [5.41, 5.74) is 2.75. The van der Waals surface area contributed by atoms with Crippen LogP contribution in [0.25, 0.3) is 22.3 Å². The Morgan fingerprint density at radius 1 is 1.18 bits per heavy atom. The van der Waals surface area contributed by atoms with Gasteiger partial charge in [-0.3, -0.25) is 0 Å². The molecule has 0 N–H and O–H groups in total. The number of aryl methyl sites for hydroxylation is 1. The van der Waals surface area contributed by atoms with Gasteiger partial charge in [0.2, 0.25) is 5.28 Å². The largest absolute Gasteiger partial charge is 0.335 e. The van der Waals surface area contributed by atoms with Crippen molar-refractivity contribution < 1.29 is 0 Å². The monoisotopic (exact) mass is 244 g/mol. The van der Waals surface area contributed by atoms with Crippen LogP contribution in [0.4, 0.5) is 0 Å². The minimum atomic E-state index is 0.253. The van der Waals surface area contributed by atoms with E-state index >= 15 is 0 Å². The zero-order valence-corrected chi connectivity index (χ0v) is 9.89. The summed E-state index contributed by atoms with van der Waals surface area (Å²) in [7, 11) is 1.96. The smallest absolute Gasteiger partial charge is 0.222 e. The Morgan fingerprint density at radius 3 is 2.88 bits per heavy atom. The normalized spacial score (nSPS) is 10.9. The molecule has 5 heteroatoms. The van der Waals surface area contributed by atoms with Gasteiger partial charge in [0.15, 0.2) is 0 Å². The van der Waals surface area contributed by atoms with Crippen molar-refractivity contribution in [1.29, 1.82) is 0 Å². The molecular formula is C12H9ClN4. The lowest BCUT2D eigenvalue weighted by molar-refractivity contribution is 0.948. The third-order valence-electron chi connectivity index (χ3n) is 2.64. The molecule has 0 aliphatic heterocycles. The summed E-state index contributed by atoms with van der Waals surface area (Å²) < 4.78 is 1.97. The van der Waals surface area contributed by atoms with Crippen LogP contribution in [0.2, 0.25) is 5.28 Å². The van der Waals surface area contributed by atoms with Crippen LogP contribution in [0.5, 0.6) is 0 Å². The lowest BCUT2D eigenvalue weighted by Gasteiger charge is -1.97. The van der Waals surface area contributed by atoms with Gasteiger partial charge in [-0.25, -0.2) is 15.0 Å². The van der Waals surface area contributed by atoms with E-state index in [1.54, 1.807) is 12.4 Å². The van der Waals surface area contributed by atoms with Gasteiger partial charge in [0.1, 0.15) is 5.65 Å². The minimum absolute atomic E-state index is 0.253. The topological polar surface area (TPSA) is 43.6 Å². The predicted molar refractivity (Wildman–Crippen MR) is 66.8 cm³/mol. The lowest BCUT2D eigenvalue weighted by Crippen LogP contribution is -1.85. The van der Waals surface area contributed by atoms with Crippen LogP contribution in [0, 0.1) is 0 Å². The van der Waals surface area contributed by atoms with Crippen molar-refractivity contribution in [1.82, 2.24) is 19.5 Å². The Morgan fingerprint density at radius 2 is 2.06 bits per heavy atom. The SMILES string of the molecule is Cn1cc(-c2ccnc(Cl)n2)c2cccnc21. The van der Waals surface area contributed by atoms with Crippen molar-refractivity contribution in [3.05, 3.63) is 42.1 Å². The Labute approximate surface area is 103 Å². The van der Waals surface area contributed by atoms with Gasteiger partial charge in [-0.05, 0) is 29.8 Å². The molecule has 0 fully saturated rings. The van der Waals surface area contributed by atoms with Crippen molar-refractivity contribution in [2.24, 2.45) is 7.05 Å². The molecule has 0 saturated heterocycles. The summed E-state index contributed by atoms with van der Waals surface area (Å²) in [6.45, 7) is 0.